The maximum atomic E-state index is 15.3. The number of carbonyl (C=O) groups is 2. The molecule has 4 aromatic rings. The first-order valence-electron chi connectivity index (χ1n) is 20.7. The molecule has 3 aliphatic heterocycles. The average Bonchev–Trinajstić information content (AvgIpc) is 3.46. The van der Waals surface area contributed by atoms with Gasteiger partial charge in [-0.1, -0.05) is 81.3 Å². The van der Waals surface area contributed by atoms with E-state index in [9.17, 15) is 4.79 Å². The summed E-state index contributed by atoms with van der Waals surface area (Å²) in [5, 5.41) is 0. The lowest BCUT2D eigenvalue weighted by Gasteiger charge is -2.36. The van der Waals surface area contributed by atoms with E-state index in [1.54, 1.807) is 0 Å². The Hall–Kier alpha value is -4.20. The molecular formula is C47H60N4O3. The van der Waals surface area contributed by atoms with E-state index >= 15 is 4.79 Å². The lowest BCUT2D eigenvalue weighted by molar-refractivity contribution is -0.131. The predicted molar refractivity (Wildman–Crippen MR) is 218 cm³/mol. The Bertz CT molecular complexity index is 1920. The number of unbranched alkanes of at least 4 members (excludes halogenated alkanes) is 2. The van der Waals surface area contributed by atoms with Gasteiger partial charge >= 0.3 is 0 Å². The summed E-state index contributed by atoms with van der Waals surface area (Å²) in [7, 11) is 0. The molecule has 0 aliphatic carbocycles. The van der Waals surface area contributed by atoms with Crippen molar-refractivity contribution < 1.29 is 14.3 Å². The minimum Gasteiger partial charge on any atom is -0.379 e. The van der Waals surface area contributed by atoms with Crippen LogP contribution in [0.5, 0.6) is 0 Å². The lowest BCUT2D eigenvalue weighted by Crippen LogP contribution is -2.43. The molecule has 7 heteroatoms. The highest BCUT2D eigenvalue weighted by molar-refractivity contribution is 6.02. The number of hydrogen-bond donors (Lipinski definition) is 0. The first kappa shape index (κ1) is 38.1. The molecule has 0 saturated carbocycles. The van der Waals surface area contributed by atoms with Gasteiger partial charge in [0.25, 0.3) is 5.91 Å². The number of carbonyl (C=O) groups excluding carboxylic acids is 2. The zero-order valence-electron chi connectivity index (χ0n) is 33.2. The monoisotopic (exact) mass is 728 g/mol. The SMILES string of the molecule is CCCCc1c(CCCC)c(-c2cc3c(cc2C(=O)N2Cc4ccccc4C[C@H]2C)CN(C(=O)Cc2ccccc2)CC3)n(CCN2CCOCC2)c1C. The van der Waals surface area contributed by atoms with Gasteiger partial charge in [-0.05, 0) is 103 Å². The third-order valence-electron chi connectivity index (χ3n) is 12.2. The highest BCUT2D eigenvalue weighted by Gasteiger charge is 2.33. The summed E-state index contributed by atoms with van der Waals surface area (Å²) < 4.78 is 8.28. The molecule has 1 aromatic heterocycles. The smallest absolute Gasteiger partial charge is 0.255 e. The van der Waals surface area contributed by atoms with Gasteiger partial charge in [-0.3, -0.25) is 14.5 Å². The number of morpholine rings is 1. The molecule has 0 bridgehead atoms. The summed E-state index contributed by atoms with van der Waals surface area (Å²) in [5.74, 6) is 0.234. The first-order chi connectivity index (χ1) is 26.4. The number of fused-ring (bicyclic) bond motifs is 2. The molecule has 1 saturated heterocycles. The molecule has 0 unspecified atom stereocenters. The fourth-order valence-electron chi connectivity index (χ4n) is 9.00. The Balaban J connectivity index is 1.34. The van der Waals surface area contributed by atoms with Crippen LogP contribution in [0.1, 0.15) is 101 Å². The lowest BCUT2D eigenvalue weighted by atomic mass is 9.87. The first-order valence-corrected chi connectivity index (χ1v) is 20.7. The molecule has 1 atom stereocenters. The number of rotatable bonds is 13. The molecule has 0 spiro atoms. The second-order valence-corrected chi connectivity index (χ2v) is 15.9. The Morgan fingerprint density at radius 3 is 2.22 bits per heavy atom. The molecule has 7 nitrogen and oxygen atoms in total. The van der Waals surface area contributed by atoms with Crippen molar-refractivity contribution in [3.05, 3.63) is 117 Å². The summed E-state index contributed by atoms with van der Waals surface area (Å²) in [4.78, 5) is 35.5. The van der Waals surface area contributed by atoms with E-state index in [4.69, 9.17) is 4.74 Å². The fraction of sp³-hybridized carbons (Fsp3) is 0.489. The van der Waals surface area contributed by atoms with Crippen LogP contribution in [-0.4, -0.2) is 76.5 Å². The Morgan fingerprint density at radius 2 is 1.48 bits per heavy atom. The minimum atomic E-state index is 0.0785. The number of amides is 2. The summed E-state index contributed by atoms with van der Waals surface area (Å²) >= 11 is 0. The summed E-state index contributed by atoms with van der Waals surface area (Å²) in [5.41, 5.74) is 13.3. The fourth-order valence-corrected chi connectivity index (χ4v) is 9.00. The van der Waals surface area contributed by atoms with Crippen LogP contribution >= 0.6 is 0 Å². The van der Waals surface area contributed by atoms with E-state index in [0.717, 1.165) is 113 Å². The zero-order valence-corrected chi connectivity index (χ0v) is 33.2. The van der Waals surface area contributed by atoms with Crippen LogP contribution in [0.4, 0.5) is 0 Å². The summed E-state index contributed by atoms with van der Waals surface area (Å²) in [6, 6.07) is 23.2. The molecule has 0 N–H and O–H groups in total. The molecule has 54 heavy (non-hydrogen) atoms. The maximum absolute atomic E-state index is 15.3. The van der Waals surface area contributed by atoms with E-state index < -0.39 is 0 Å². The van der Waals surface area contributed by atoms with Crippen LogP contribution in [0.15, 0.2) is 66.7 Å². The van der Waals surface area contributed by atoms with Crippen molar-refractivity contribution in [2.45, 2.75) is 111 Å². The molecule has 7 rings (SSSR count). The molecule has 0 radical (unpaired) electrons. The standard InChI is InChI=1S/C47H60N4O3/c1-5-7-18-41-35(4)50(23-22-48-24-26-54-27-25-48)46(42(41)19-8-6-2)43-30-38-20-21-49(45(52)29-36-14-10-9-11-15-36)32-40(38)31-44(43)47(53)51-33-39-17-13-12-16-37(39)28-34(51)3/h9-17,30-31,34H,5-8,18-29,32-33H2,1-4H3/t34-/m1/s1. The van der Waals surface area contributed by atoms with Crippen molar-refractivity contribution in [2.75, 3.05) is 39.4 Å². The zero-order chi connectivity index (χ0) is 37.6. The quantitative estimate of drug-likeness (QED) is 0.139. The average molecular weight is 729 g/mol. The van der Waals surface area contributed by atoms with Gasteiger partial charge in [0.1, 0.15) is 0 Å². The summed E-state index contributed by atoms with van der Waals surface area (Å²) in [6.07, 6.45) is 8.64. The highest BCUT2D eigenvalue weighted by atomic mass is 16.5. The van der Waals surface area contributed by atoms with Crippen molar-refractivity contribution in [3.8, 4) is 11.3 Å². The van der Waals surface area contributed by atoms with Crippen LogP contribution in [0.3, 0.4) is 0 Å². The van der Waals surface area contributed by atoms with Gasteiger partial charge in [0.2, 0.25) is 5.91 Å². The van der Waals surface area contributed by atoms with Crippen molar-refractivity contribution in [3.63, 3.8) is 0 Å². The van der Waals surface area contributed by atoms with Crippen molar-refractivity contribution in [1.82, 2.24) is 19.3 Å². The van der Waals surface area contributed by atoms with Crippen LogP contribution < -0.4 is 0 Å². The predicted octanol–water partition coefficient (Wildman–Crippen LogP) is 8.20. The van der Waals surface area contributed by atoms with E-state index in [1.807, 2.05) is 35.2 Å². The number of nitrogens with zero attached hydrogens (tertiary/aromatic N) is 4. The van der Waals surface area contributed by atoms with Crippen molar-refractivity contribution in [2.24, 2.45) is 0 Å². The number of benzene rings is 3. The van der Waals surface area contributed by atoms with Gasteiger partial charge in [-0.15, -0.1) is 0 Å². The second-order valence-electron chi connectivity index (χ2n) is 15.9. The van der Waals surface area contributed by atoms with Gasteiger partial charge in [0.15, 0.2) is 0 Å². The van der Waals surface area contributed by atoms with Crippen molar-refractivity contribution in [1.29, 1.82) is 0 Å². The largest absolute Gasteiger partial charge is 0.379 e. The number of ether oxygens (including phenoxy) is 1. The topological polar surface area (TPSA) is 58.0 Å². The summed E-state index contributed by atoms with van der Waals surface area (Å²) in [6.45, 7) is 16.2. The van der Waals surface area contributed by atoms with Crippen LogP contribution in [-0.2, 0) is 61.3 Å². The number of hydrogen-bond acceptors (Lipinski definition) is 4. The Kier molecular flexibility index (Phi) is 12.4. The highest BCUT2D eigenvalue weighted by Crippen LogP contribution is 2.39. The van der Waals surface area contributed by atoms with E-state index in [0.29, 0.717) is 26.1 Å². The second kappa shape index (κ2) is 17.5. The Morgan fingerprint density at radius 1 is 0.778 bits per heavy atom. The van der Waals surface area contributed by atoms with Gasteiger partial charge in [0.05, 0.1) is 25.3 Å². The normalized spacial score (nSPS) is 17.4. The van der Waals surface area contributed by atoms with E-state index in [2.05, 4.69) is 78.5 Å². The molecular weight excluding hydrogens is 669 g/mol. The molecule has 3 aliphatic rings. The van der Waals surface area contributed by atoms with E-state index in [1.165, 1.54) is 39.2 Å². The van der Waals surface area contributed by atoms with Gasteiger partial charge in [-0.25, -0.2) is 0 Å². The minimum absolute atomic E-state index is 0.0785. The number of aromatic nitrogens is 1. The molecule has 2 amide bonds. The third-order valence-corrected chi connectivity index (χ3v) is 12.2. The van der Waals surface area contributed by atoms with E-state index in [-0.39, 0.29) is 17.9 Å². The van der Waals surface area contributed by atoms with Crippen LogP contribution in [0.2, 0.25) is 0 Å². The Labute approximate surface area is 323 Å². The third kappa shape index (κ3) is 8.23. The van der Waals surface area contributed by atoms with Crippen LogP contribution in [0.25, 0.3) is 11.3 Å². The maximum Gasteiger partial charge on any atom is 0.255 e. The van der Waals surface area contributed by atoms with Crippen LogP contribution in [0, 0.1) is 6.92 Å². The van der Waals surface area contributed by atoms with Gasteiger partial charge in [-0.2, -0.15) is 0 Å². The molecule has 286 valence electrons. The van der Waals surface area contributed by atoms with Gasteiger partial charge in [0, 0.05) is 68.7 Å². The van der Waals surface area contributed by atoms with Gasteiger partial charge < -0.3 is 19.1 Å². The van der Waals surface area contributed by atoms with Crippen molar-refractivity contribution >= 4 is 11.8 Å². The molecule has 1 fully saturated rings. The molecule has 3 aromatic carbocycles. The molecule has 4 heterocycles.